The summed E-state index contributed by atoms with van der Waals surface area (Å²) in [6.07, 6.45) is 2.90. The molecule has 1 fully saturated rings. The van der Waals surface area contributed by atoms with Crippen molar-refractivity contribution in [3.63, 3.8) is 0 Å². The van der Waals surface area contributed by atoms with Crippen LogP contribution in [-0.4, -0.2) is 69.8 Å². The topological polar surface area (TPSA) is 75.6 Å². The molecular weight excluding hydrogens is 352 g/mol. The summed E-state index contributed by atoms with van der Waals surface area (Å²) in [6, 6.07) is 0. The zero-order valence-corrected chi connectivity index (χ0v) is 15.8. The first kappa shape index (κ1) is 18.8. The van der Waals surface area contributed by atoms with E-state index in [4.69, 9.17) is 16.3 Å². The summed E-state index contributed by atoms with van der Waals surface area (Å²) >= 11 is 7.40. The minimum atomic E-state index is -0.535. The molecule has 24 heavy (non-hydrogen) atoms. The van der Waals surface area contributed by atoms with Gasteiger partial charge < -0.3 is 14.5 Å². The van der Waals surface area contributed by atoms with Gasteiger partial charge in [-0.15, -0.1) is 0 Å². The Bertz CT molecular complexity index is 628. The Labute approximate surface area is 150 Å². The van der Waals surface area contributed by atoms with E-state index in [0.29, 0.717) is 31.3 Å². The summed E-state index contributed by atoms with van der Waals surface area (Å²) in [7, 11) is 0. The van der Waals surface area contributed by atoms with E-state index in [9.17, 15) is 9.59 Å². The van der Waals surface area contributed by atoms with E-state index in [-0.39, 0.29) is 22.7 Å². The van der Waals surface area contributed by atoms with Crippen LogP contribution >= 0.6 is 23.4 Å². The first-order chi connectivity index (χ1) is 11.2. The minimum Gasteiger partial charge on any atom is -0.444 e. The largest absolute Gasteiger partial charge is 0.444 e. The van der Waals surface area contributed by atoms with Crippen LogP contribution in [0.1, 0.15) is 31.3 Å². The van der Waals surface area contributed by atoms with Crippen LogP contribution in [0.5, 0.6) is 0 Å². The van der Waals surface area contributed by atoms with E-state index in [1.165, 1.54) is 18.0 Å². The van der Waals surface area contributed by atoms with Gasteiger partial charge >= 0.3 is 6.09 Å². The second-order valence-electron chi connectivity index (χ2n) is 6.31. The Morgan fingerprint density at radius 1 is 1.21 bits per heavy atom. The molecule has 1 aromatic rings. The number of rotatable bonds is 2. The summed E-state index contributed by atoms with van der Waals surface area (Å²) in [4.78, 5) is 36.1. The molecule has 0 radical (unpaired) electrons. The van der Waals surface area contributed by atoms with E-state index in [1.54, 1.807) is 9.80 Å². The molecule has 0 bridgehead atoms. The van der Waals surface area contributed by atoms with Crippen molar-refractivity contribution in [2.24, 2.45) is 0 Å². The highest BCUT2D eigenvalue weighted by Gasteiger charge is 2.29. The van der Waals surface area contributed by atoms with E-state index < -0.39 is 5.60 Å². The van der Waals surface area contributed by atoms with Crippen molar-refractivity contribution in [3.05, 3.63) is 16.9 Å². The number of aromatic nitrogens is 2. The van der Waals surface area contributed by atoms with Crippen LogP contribution in [0.25, 0.3) is 0 Å². The van der Waals surface area contributed by atoms with Crippen molar-refractivity contribution in [1.29, 1.82) is 0 Å². The summed E-state index contributed by atoms with van der Waals surface area (Å²) in [6.45, 7) is 7.12. The lowest BCUT2D eigenvalue weighted by Gasteiger charge is -2.35. The van der Waals surface area contributed by atoms with Crippen molar-refractivity contribution in [1.82, 2.24) is 19.8 Å². The van der Waals surface area contributed by atoms with Gasteiger partial charge in [0.05, 0.1) is 11.2 Å². The Morgan fingerprint density at radius 3 is 2.33 bits per heavy atom. The maximum Gasteiger partial charge on any atom is 0.410 e. The van der Waals surface area contributed by atoms with Gasteiger partial charge in [0.15, 0.2) is 10.9 Å². The molecule has 0 unspecified atom stereocenters. The highest BCUT2D eigenvalue weighted by atomic mass is 35.5. The zero-order chi connectivity index (χ0) is 17.9. The molecule has 9 heteroatoms. The molecule has 2 amide bonds. The van der Waals surface area contributed by atoms with Gasteiger partial charge in [0.2, 0.25) is 0 Å². The van der Waals surface area contributed by atoms with E-state index in [0.717, 1.165) is 0 Å². The van der Waals surface area contributed by atoms with Gasteiger partial charge in [-0.2, -0.15) is 0 Å². The average molecular weight is 373 g/mol. The van der Waals surface area contributed by atoms with Crippen molar-refractivity contribution < 1.29 is 14.3 Å². The lowest BCUT2D eigenvalue weighted by atomic mass is 10.2. The van der Waals surface area contributed by atoms with Crippen LogP contribution in [0.15, 0.2) is 11.4 Å². The Balaban J connectivity index is 1.99. The normalized spacial score (nSPS) is 15.4. The average Bonchev–Trinajstić information content (AvgIpc) is 2.53. The van der Waals surface area contributed by atoms with Crippen LogP contribution in [0, 0.1) is 0 Å². The maximum atomic E-state index is 12.6. The molecule has 2 rings (SSSR count). The SMILES string of the molecule is CSc1ncc(Cl)c(C(=O)N2CCN(C(=O)OC(C)(C)C)CC2)n1. The number of amides is 2. The van der Waals surface area contributed by atoms with Crippen molar-refractivity contribution in [2.75, 3.05) is 32.4 Å². The molecular formula is C15H21ClN4O3S. The van der Waals surface area contributed by atoms with Crippen molar-refractivity contribution >= 4 is 35.4 Å². The third-order valence-electron chi connectivity index (χ3n) is 3.33. The maximum absolute atomic E-state index is 12.6. The van der Waals surface area contributed by atoms with Gasteiger partial charge in [-0.3, -0.25) is 4.79 Å². The molecule has 0 aromatic carbocycles. The predicted octanol–water partition coefficient (Wildman–Crippen LogP) is 2.54. The van der Waals surface area contributed by atoms with Gasteiger partial charge in [0.1, 0.15) is 5.60 Å². The number of thioether (sulfide) groups is 1. The summed E-state index contributed by atoms with van der Waals surface area (Å²) in [5, 5.41) is 0.725. The first-order valence-electron chi connectivity index (χ1n) is 7.55. The zero-order valence-electron chi connectivity index (χ0n) is 14.2. The molecule has 1 saturated heterocycles. The number of hydrogen-bond acceptors (Lipinski definition) is 6. The van der Waals surface area contributed by atoms with Crippen LogP contribution in [-0.2, 0) is 4.74 Å². The first-order valence-corrected chi connectivity index (χ1v) is 9.15. The van der Waals surface area contributed by atoms with E-state index in [2.05, 4.69) is 9.97 Å². The minimum absolute atomic E-state index is 0.196. The molecule has 0 spiro atoms. The third-order valence-corrected chi connectivity index (χ3v) is 4.16. The monoisotopic (exact) mass is 372 g/mol. The molecule has 7 nitrogen and oxygen atoms in total. The molecule has 0 N–H and O–H groups in total. The highest BCUT2D eigenvalue weighted by molar-refractivity contribution is 7.98. The number of carbonyl (C=O) groups is 2. The molecule has 0 saturated carbocycles. The van der Waals surface area contributed by atoms with E-state index >= 15 is 0 Å². The fourth-order valence-corrected chi connectivity index (χ4v) is 2.68. The quantitative estimate of drug-likeness (QED) is 0.586. The van der Waals surface area contributed by atoms with Crippen LogP contribution in [0.3, 0.4) is 0 Å². The lowest BCUT2D eigenvalue weighted by Crippen LogP contribution is -2.51. The Morgan fingerprint density at radius 2 is 1.79 bits per heavy atom. The van der Waals surface area contributed by atoms with Gasteiger partial charge in [0.25, 0.3) is 5.91 Å². The number of halogens is 1. The second kappa shape index (κ2) is 7.57. The standard InChI is InChI=1S/C15H21ClN4O3S/c1-15(2,3)23-14(22)20-7-5-19(6-8-20)12(21)11-10(16)9-17-13(18-11)24-4/h9H,5-8H2,1-4H3. The number of carbonyl (C=O) groups excluding carboxylic acids is 2. The fraction of sp³-hybridized carbons (Fsp3) is 0.600. The van der Waals surface area contributed by atoms with Gasteiger partial charge in [-0.05, 0) is 27.0 Å². The van der Waals surface area contributed by atoms with E-state index in [1.807, 2.05) is 27.0 Å². The molecule has 132 valence electrons. The lowest BCUT2D eigenvalue weighted by molar-refractivity contribution is 0.0140. The summed E-state index contributed by atoms with van der Waals surface area (Å²) in [5.74, 6) is -0.249. The summed E-state index contributed by atoms with van der Waals surface area (Å²) in [5.41, 5.74) is -0.339. The van der Waals surface area contributed by atoms with Gasteiger partial charge in [-0.25, -0.2) is 14.8 Å². The van der Waals surface area contributed by atoms with Crippen LogP contribution < -0.4 is 0 Å². The molecule has 1 aliphatic rings. The van der Waals surface area contributed by atoms with Crippen molar-refractivity contribution in [3.8, 4) is 0 Å². The predicted molar refractivity (Wildman–Crippen MR) is 92.5 cm³/mol. The number of hydrogen-bond donors (Lipinski definition) is 0. The molecule has 0 aliphatic carbocycles. The third kappa shape index (κ3) is 4.73. The number of nitrogens with zero attached hydrogens (tertiary/aromatic N) is 4. The second-order valence-corrected chi connectivity index (χ2v) is 7.49. The molecule has 1 aromatic heterocycles. The summed E-state index contributed by atoms with van der Waals surface area (Å²) < 4.78 is 5.35. The Hall–Kier alpha value is -1.54. The van der Waals surface area contributed by atoms with Crippen LogP contribution in [0.4, 0.5) is 4.79 Å². The smallest absolute Gasteiger partial charge is 0.410 e. The fourth-order valence-electron chi connectivity index (χ4n) is 2.17. The number of ether oxygens (including phenoxy) is 1. The molecule has 1 aliphatic heterocycles. The van der Waals surface area contributed by atoms with Crippen LogP contribution in [0.2, 0.25) is 5.02 Å². The molecule has 0 atom stereocenters. The van der Waals surface area contributed by atoms with Gasteiger partial charge in [0, 0.05) is 26.2 Å². The van der Waals surface area contributed by atoms with Gasteiger partial charge in [-0.1, -0.05) is 23.4 Å². The number of piperazine rings is 1. The van der Waals surface area contributed by atoms with Crippen molar-refractivity contribution in [2.45, 2.75) is 31.5 Å². The highest BCUT2D eigenvalue weighted by Crippen LogP contribution is 2.19. The Kier molecular flexibility index (Phi) is 5.92. The molecule has 2 heterocycles.